The van der Waals surface area contributed by atoms with Crippen LogP contribution in [0.15, 0.2) is 18.3 Å². The first kappa shape index (κ1) is 9.80. The van der Waals surface area contributed by atoms with E-state index in [9.17, 15) is 9.59 Å². The molecule has 0 fully saturated rings. The van der Waals surface area contributed by atoms with Crippen LogP contribution in [0.1, 0.15) is 16.9 Å². The number of nitriles is 1. The summed E-state index contributed by atoms with van der Waals surface area (Å²) in [6.07, 6.45) is 1.20. The Hall–Kier alpha value is -2.29. The van der Waals surface area contributed by atoms with Gasteiger partial charge in [-0.2, -0.15) is 10.7 Å². The smallest absolute Gasteiger partial charge is 0.356 e. The average molecular weight is 193 g/mol. The van der Waals surface area contributed by atoms with Crippen LogP contribution < -0.4 is 5.48 Å². The number of nitrogens with one attached hydrogen (secondary N) is 2. The zero-order valence-electron chi connectivity index (χ0n) is 7.11. The number of aromatic amines is 1. The van der Waals surface area contributed by atoms with Gasteiger partial charge in [0.25, 0.3) is 5.91 Å². The second kappa shape index (κ2) is 4.67. The van der Waals surface area contributed by atoms with E-state index in [4.69, 9.17) is 5.26 Å². The lowest BCUT2D eigenvalue weighted by Gasteiger charge is -2.01. The van der Waals surface area contributed by atoms with Crippen molar-refractivity contribution in [1.82, 2.24) is 10.5 Å². The van der Waals surface area contributed by atoms with E-state index in [1.807, 2.05) is 5.48 Å². The Morgan fingerprint density at radius 3 is 3.00 bits per heavy atom. The Morgan fingerprint density at radius 1 is 1.64 bits per heavy atom. The van der Waals surface area contributed by atoms with Crippen LogP contribution in [0.25, 0.3) is 0 Å². The number of nitrogens with zero attached hydrogens (tertiary/aromatic N) is 1. The van der Waals surface area contributed by atoms with E-state index in [-0.39, 0.29) is 12.1 Å². The van der Waals surface area contributed by atoms with Gasteiger partial charge in [0.05, 0.1) is 6.07 Å². The minimum Gasteiger partial charge on any atom is -0.356 e. The molecule has 6 heteroatoms. The summed E-state index contributed by atoms with van der Waals surface area (Å²) >= 11 is 0. The summed E-state index contributed by atoms with van der Waals surface area (Å²) in [7, 11) is 0. The predicted octanol–water partition coefficient (Wildman–Crippen LogP) is 0.116. The molecule has 72 valence electrons. The van der Waals surface area contributed by atoms with Crippen molar-refractivity contribution in [2.45, 2.75) is 6.42 Å². The Bertz CT molecular complexity index is 364. The van der Waals surface area contributed by atoms with E-state index in [1.165, 1.54) is 6.07 Å². The van der Waals surface area contributed by atoms with Crippen molar-refractivity contribution >= 4 is 11.9 Å². The quantitative estimate of drug-likeness (QED) is 0.652. The summed E-state index contributed by atoms with van der Waals surface area (Å²) in [5, 5.41) is 8.13. The minimum atomic E-state index is -0.707. The van der Waals surface area contributed by atoms with Gasteiger partial charge in [-0.25, -0.2) is 4.79 Å². The third kappa shape index (κ3) is 2.64. The van der Waals surface area contributed by atoms with E-state index in [0.29, 0.717) is 0 Å². The van der Waals surface area contributed by atoms with Gasteiger partial charge in [0.2, 0.25) is 0 Å². The molecule has 0 spiro atoms. The van der Waals surface area contributed by atoms with Crippen molar-refractivity contribution in [3.05, 3.63) is 24.0 Å². The maximum absolute atomic E-state index is 11.1. The molecule has 1 rings (SSSR count). The van der Waals surface area contributed by atoms with Gasteiger partial charge in [-0.15, -0.1) is 0 Å². The maximum Gasteiger partial charge on any atom is 0.378 e. The number of carbonyl (C=O) groups excluding carboxylic acids is 2. The van der Waals surface area contributed by atoms with Crippen LogP contribution in [-0.4, -0.2) is 16.9 Å². The molecule has 0 saturated heterocycles. The maximum atomic E-state index is 11.1. The van der Waals surface area contributed by atoms with Crippen molar-refractivity contribution in [2.24, 2.45) is 0 Å². The molecule has 0 radical (unpaired) electrons. The van der Waals surface area contributed by atoms with Gasteiger partial charge < -0.3 is 9.82 Å². The van der Waals surface area contributed by atoms with Gasteiger partial charge in [0, 0.05) is 6.20 Å². The molecule has 1 aromatic heterocycles. The molecular weight excluding hydrogens is 186 g/mol. The number of hydroxylamine groups is 1. The summed E-state index contributed by atoms with van der Waals surface area (Å²) in [5.74, 6) is -1.37. The second-order valence-corrected chi connectivity index (χ2v) is 2.33. The van der Waals surface area contributed by atoms with Gasteiger partial charge in [-0.3, -0.25) is 4.79 Å². The molecule has 1 aromatic rings. The fourth-order valence-corrected chi connectivity index (χ4v) is 0.723. The lowest BCUT2D eigenvalue weighted by molar-refractivity contribution is -0.128. The number of aromatic nitrogens is 1. The highest BCUT2D eigenvalue weighted by Gasteiger charge is 2.09. The van der Waals surface area contributed by atoms with Gasteiger partial charge >= 0.3 is 5.97 Å². The fraction of sp³-hybridized carbons (Fsp3) is 0.125. The number of carbonyl (C=O) groups is 2. The van der Waals surface area contributed by atoms with E-state index in [1.54, 1.807) is 18.3 Å². The molecule has 6 nitrogen and oxygen atoms in total. The van der Waals surface area contributed by atoms with Crippen LogP contribution in [0.3, 0.4) is 0 Å². The molecule has 14 heavy (non-hydrogen) atoms. The standard InChI is InChI=1S/C8H7N3O3/c9-4-3-7(12)11-14-8(13)6-2-1-5-10-6/h1-2,5,10H,3H2,(H,11,12). The fourth-order valence-electron chi connectivity index (χ4n) is 0.723. The van der Waals surface area contributed by atoms with Crippen LogP contribution in [0.5, 0.6) is 0 Å². The summed E-state index contributed by atoms with van der Waals surface area (Å²) in [5.41, 5.74) is 2.06. The predicted molar refractivity (Wildman–Crippen MR) is 44.6 cm³/mol. The number of H-pyrrole nitrogens is 1. The molecule has 0 aromatic carbocycles. The third-order valence-corrected chi connectivity index (χ3v) is 1.32. The van der Waals surface area contributed by atoms with Crippen molar-refractivity contribution in [3.63, 3.8) is 0 Å². The van der Waals surface area contributed by atoms with Gasteiger partial charge in [-0.05, 0) is 12.1 Å². The second-order valence-electron chi connectivity index (χ2n) is 2.33. The van der Waals surface area contributed by atoms with Crippen molar-refractivity contribution in [3.8, 4) is 6.07 Å². The lowest BCUT2D eigenvalue weighted by Crippen LogP contribution is -2.26. The highest BCUT2D eigenvalue weighted by atomic mass is 16.7. The van der Waals surface area contributed by atoms with Crippen molar-refractivity contribution in [2.75, 3.05) is 0 Å². The molecule has 0 saturated carbocycles. The Kier molecular flexibility index (Phi) is 3.27. The van der Waals surface area contributed by atoms with Gasteiger partial charge in [0.1, 0.15) is 12.1 Å². The molecule has 0 unspecified atom stereocenters. The van der Waals surface area contributed by atoms with E-state index in [0.717, 1.165) is 0 Å². The monoisotopic (exact) mass is 193 g/mol. The first-order valence-electron chi connectivity index (χ1n) is 3.74. The normalized spacial score (nSPS) is 8.79. The number of rotatable bonds is 2. The van der Waals surface area contributed by atoms with E-state index < -0.39 is 11.9 Å². The highest BCUT2D eigenvalue weighted by Crippen LogP contribution is 1.95. The minimum absolute atomic E-state index is 0.224. The summed E-state index contributed by atoms with van der Waals surface area (Å²) in [6.45, 7) is 0. The molecule has 1 heterocycles. The van der Waals surface area contributed by atoms with E-state index in [2.05, 4.69) is 9.82 Å². The van der Waals surface area contributed by atoms with Crippen molar-refractivity contribution < 1.29 is 14.4 Å². The molecule has 2 N–H and O–H groups in total. The van der Waals surface area contributed by atoms with Crippen LogP contribution in [0.4, 0.5) is 0 Å². The molecule has 0 bridgehead atoms. The average Bonchev–Trinajstić information content (AvgIpc) is 2.67. The first-order valence-corrected chi connectivity index (χ1v) is 3.74. The largest absolute Gasteiger partial charge is 0.378 e. The topological polar surface area (TPSA) is 95.0 Å². The van der Waals surface area contributed by atoms with Crippen LogP contribution in [0, 0.1) is 11.3 Å². The number of hydrogen-bond donors (Lipinski definition) is 2. The summed E-state index contributed by atoms with van der Waals surface area (Å²) in [4.78, 5) is 28.7. The van der Waals surface area contributed by atoms with Gasteiger partial charge in [0.15, 0.2) is 0 Å². The zero-order valence-corrected chi connectivity index (χ0v) is 7.11. The molecule has 0 aliphatic heterocycles. The third-order valence-electron chi connectivity index (χ3n) is 1.32. The molecule has 0 atom stereocenters. The highest BCUT2D eigenvalue weighted by molar-refractivity contribution is 5.88. The molecule has 0 aliphatic rings. The van der Waals surface area contributed by atoms with Crippen LogP contribution >= 0.6 is 0 Å². The summed E-state index contributed by atoms with van der Waals surface area (Å²) in [6, 6.07) is 4.73. The zero-order chi connectivity index (χ0) is 10.4. The number of amides is 1. The SMILES string of the molecule is N#CCC(=O)NOC(=O)c1ccc[nH]1. The first-order chi connectivity index (χ1) is 6.74. The van der Waals surface area contributed by atoms with E-state index >= 15 is 0 Å². The summed E-state index contributed by atoms with van der Waals surface area (Å²) < 4.78 is 0. The molecular formula is C8H7N3O3. The van der Waals surface area contributed by atoms with Gasteiger partial charge in [-0.1, -0.05) is 0 Å². The molecule has 0 aliphatic carbocycles. The van der Waals surface area contributed by atoms with Crippen LogP contribution in [-0.2, 0) is 9.63 Å². The van der Waals surface area contributed by atoms with Crippen LogP contribution in [0.2, 0.25) is 0 Å². The molecule has 1 amide bonds. The van der Waals surface area contributed by atoms with Crippen molar-refractivity contribution in [1.29, 1.82) is 5.26 Å². The number of hydrogen-bond acceptors (Lipinski definition) is 4. The Labute approximate surface area is 79.4 Å². The lowest BCUT2D eigenvalue weighted by atomic mass is 10.4. The Balaban J connectivity index is 2.37. The Morgan fingerprint density at radius 2 is 2.43 bits per heavy atom.